The van der Waals surface area contributed by atoms with E-state index in [-0.39, 0.29) is 5.91 Å². The molecule has 180 valence electrons. The van der Waals surface area contributed by atoms with Gasteiger partial charge in [0.15, 0.2) is 11.6 Å². The topological polar surface area (TPSA) is 98.1 Å². The lowest BCUT2D eigenvalue weighted by atomic mass is 10.1. The molecule has 0 atom stereocenters. The smallest absolute Gasteiger partial charge is 0.323 e. The minimum atomic E-state index is -1.49. The highest BCUT2D eigenvalue weighted by Crippen LogP contribution is 2.35. The van der Waals surface area contributed by atoms with E-state index in [2.05, 4.69) is 20.9 Å². The van der Waals surface area contributed by atoms with Crippen LogP contribution in [0.3, 0.4) is 0 Å². The Labute approximate surface area is 203 Å². The zero-order valence-corrected chi connectivity index (χ0v) is 18.5. The molecule has 4 aromatic rings. The van der Waals surface area contributed by atoms with Gasteiger partial charge >= 0.3 is 6.03 Å². The van der Waals surface area contributed by atoms with Gasteiger partial charge in [0.25, 0.3) is 5.91 Å². The molecule has 1 aromatic heterocycles. The first kappa shape index (κ1) is 22.8. The summed E-state index contributed by atoms with van der Waals surface area (Å²) in [5.74, 6) is -4.08. The molecule has 1 aliphatic rings. The van der Waals surface area contributed by atoms with Crippen molar-refractivity contribution >= 4 is 52.0 Å². The van der Waals surface area contributed by atoms with Gasteiger partial charge < -0.3 is 26.3 Å². The molecule has 0 unspecified atom stereocenters. The van der Waals surface area contributed by atoms with Crippen molar-refractivity contribution in [2.24, 2.45) is 0 Å². The van der Waals surface area contributed by atoms with Crippen molar-refractivity contribution < 1.29 is 22.8 Å². The van der Waals surface area contributed by atoms with Crippen molar-refractivity contribution in [3.8, 4) is 0 Å². The maximum absolute atomic E-state index is 13.8. The Morgan fingerprint density at radius 2 is 1.61 bits per heavy atom. The van der Waals surface area contributed by atoms with Crippen LogP contribution in [0.2, 0.25) is 0 Å². The number of carbonyl (C=O) groups excluding carboxylic acids is 2. The molecule has 0 bridgehead atoms. The SMILES string of the molecule is O=C(Nc1cccc(Nc2ccc3c(c2)NC(=O)/C3=C\c2ccc[nH]2)c1)Nc1c(F)ccc(F)c1F. The van der Waals surface area contributed by atoms with Crippen LogP contribution in [0.15, 0.2) is 72.9 Å². The second-order valence-corrected chi connectivity index (χ2v) is 7.90. The number of nitrogens with one attached hydrogen (secondary N) is 5. The summed E-state index contributed by atoms with van der Waals surface area (Å²) in [7, 11) is 0. The van der Waals surface area contributed by atoms with Gasteiger partial charge in [-0.05, 0) is 60.7 Å². The van der Waals surface area contributed by atoms with Gasteiger partial charge in [0.2, 0.25) is 0 Å². The molecule has 3 aromatic carbocycles. The number of H-pyrrole nitrogens is 1. The van der Waals surface area contributed by atoms with Gasteiger partial charge in [-0.3, -0.25) is 4.79 Å². The third-order valence-electron chi connectivity index (χ3n) is 5.42. The Morgan fingerprint density at radius 3 is 2.42 bits per heavy atom. The average Bonchev–Trinajstić information content (AvgIpc) is 3.47. The minimum absolute atomic E-state index is 0.208. The van der Waals surface area contributed by atoms with E-state index in [1.54, 1.807) is 42.6 Å². The maximum atomic E-state index is 13.8. The van der Waals surface area contributed by atoms with Gasteiger partial charge in [-0.2, -0.15) is 0 Å². The zero-order chi connectivity index (χ0) is 25.2. The second-order valence-electron chi connectivity index (χ2n) is 7.90. The summed E-state index contributed by atoms with van der Waals surface area (Å²) in [6.07, 6.45) is 3.55. The van der Waals surface area contributed by atoms with Gasteiger partial charge in [0.1, 0.15) is 11.5 Å². The molecule has 0 aliphatic carbocycles. The molecule has 5 rings (SSSR count). The molecule has 0 saturated heterocycles. The van der Waals surface area contributed by atoms with Gasteiger partial charge in [-0.1, -0.05) is 12.1 Å². The predicted octanol–water partition coefficient (Wildman–Crippen LogP) is 6.31. The van der Waals surface area contributed by atoms with Crippen LogP contribution in [0.1, 0.15) is 11.3 Å². The van der Waals surface area contributed by atoms with Crippen molar-refractivity contribution in [3.63, 3.8) is 0 Å². The van der Waals surface area contributed by atoms with Crippen LogP contribution in [0.25, 0.3) is 11.6 Å². The third kappa shape index (κ3) is 4.64. The number of aromatic nitrogens is 1. The van der Waals surface area contributed by atoms with Crippen LogP contribution >= 0.6 is 0 Å². The van der Waals surface area contributed by atoms with Gasteiger partial charge in [-0.25, -0.2) is 18.0 Å². The lowest BCUT2D eigenvalue weighted by molar-refractivity contribution is -0.110. The molecule has 5 N–H and O–H groups in total. The summed E-state index contributed by atoms with van der Waals surface area (Å²) in [5, 5.41) is 10.5. The van der Waals surface area contributed by atoms with Crippen LogP contribution in [-0.2, 0) is 4.79 Å². The Morgan fingerprint density at radius 1 is 0.833 bits per heavy atom. The summed E-state index contributed by atoms with van der Waals surface area (Å²) in [6.45, 7) is 0. The number of fused-ring (bicyclic) bond motifs is 1. The number of hydrogen-bond donors (Lipinski definition) is 5. The number of benzene rings is 3. The van der Waals surface area contributed by atoms with Gasteiger partial charge in [0, 0.05) is 34.5 Å². The highest BCUT2D eigenvalue weighted by Gasteiger charge is 2.24. The maximum Gasteiger partial charge on any atom is 0.323 e. The van der Waals surface area contributed by atoms with E-state index in [0.29, 0.717) is 34.4 Å². The fourth-order valence-corrected chi connectivity index (χ4v) is 3.76. The Hall–Kier alpha value is -4.99. The van der Waals surface area contributed by atoms with Gasteiger partial charge in [0.05, 0.1) is 11.3 Å². The van der Waals surface area contributed by atoms with Crippen molar-refractivity contribution in [1.82, 2.24) is 4.98 Å². The zero-order valence-electron chi connectivity index (χ0n) is 18.5. The number of hydrogen-bond acceptors (Lipinski definition) is 3. The molecule has 2 heterocycles. The normalized spacial score (nSPS) is 13.3. The monoisotopic (exact) mass is 489 g/mol. The molecule has 0 fully saturated rings. The van der Waals surface area contributed by atoms with E-state index in [0.717, 1.165) is 17.3 Å². The molecule has 3 amide bonds. The second kappa shape index (κ2) is 9.34. The molecule has 1 aliphatic heterocycles. The average molecular weight is 489 g/mol. The van der Waals surface area contributed by atoms with E-state index in [1.165, 1.54) is 0 Å². The Bertz CT molecular complexity index is 1520. The molecule has 36 heavy (non-hydrogen) atoms. The fraction of sp³-hybridized carbons (Fsp3) is 0. The van der Waals surface area contributed by atoms with Crippen molar-refractivity contribution in [1.29, 1.82) is 0 Å². The largest absolute Gasteiger partial charge is 0.362 e. The Balaban J connectivity index is 1.29. The molecule has 10 heteroatoms. The summed E-state index contributed by atoms with van der Waals surface area (Å²) in [5.41, 5.74) is 3.49. The van der Waals surface area contributed by atoms with Crippen molar-refractivity contribution in [3.05, 3.63) is 102 Å². The first-order valence-corrected chi connectivity index (χ1v) is 10.8. The number of carbonyl (C=O) groups is 2. The quantitative estimate of drug-likeness (QED) is 0.168. The fourth-order valence-electron chi connectivity index (χ4n) is 3.76. The number of rotatable bonds is 5. The van der Waals surface area contributed by atoms with Crippen LogP contribution in [0.4, 0.5) is 46.4 Å². The van der Waals surface area contributed by atoms with Crippen molar-refractivity contribution in [2.45, 2.75) is 0 Å². The molecule has 0 radical (unpaired) electrons. The Kier molecular flexibility index (Phi) is 5.91. The van der Waals surface area contributed by atoms with E-state index >= 15 is 0 Å². The first-order chi connectivity index (χ1) is 17.4. The van der Waals surface area contributed by atoms with E-state index in [1.807, 2.05) is 29.6 Å². The van der Waals surface area contributed by atoms with Gasteiger partial charge in [-0.15, -0.1) is 0 Å². The number of urea groups is 1. The predicted molar refractivity (Wildman–Crippen MR) is 132 cm³/mol. The van der Waals surface area contributed by atoms with E-state index in [9.17, 15) is 22.8 Å². The van der Waals surface area contributed by atoms with Crippen LogP contribution in [-0.4, -0.2) is 16.9 Å². The molecule has 0 spiro atoms. The highest BCUT2D eigenvalue weighted by atomic mass is 19.2. The van der Waals surface area contributed by atoms with Crippen LogP contribution in [0.5, 0.6) is 0 Å². The summed E-state index contributed by atoms with van der Waals surface area (Å²) >= 11 is 0. The number of halogens is 3. The highest BCUT2D eigenvalue weighted by molar-refractivity contribution is 6.35. The number of anilines is 5. The molecule has 7 nitrogen and oxygen atoms in total. The summed E-state index contributed by atoms with van der Waals surface area (Å²) in [6, 6.07) is 16.1. The standard InChI is InChI=1S/C26H18F3N5O2/c27-20-8-9-21(28)24(23(20)29)34-26(36)32-16-4-1-3-15(11-16)31-17-6-7-18-19(12-14-5-2-10-30-14)25(35)33-22(18)13-17/h1-13,30-31H,(H,33,35)(H2,32,34,36)/b19-12-. The number of amides is 3. The molecule has 0 saturated carbocycles. The molecular formula is C26H18F3N5O2. The number of aromatic amines is 1. The van der Waals surface area contributed by atoms with Crippen LogP contribution in [0, 0.1) is 17.5 Å². The summed E-state index contributed by atoms with van der Waals surface area (Å²) in [4.78, 5) is 27.7. The third-order valence-corrected chi connectivity index (χ3v) is 5.42. The van der Waals surface area contributed by atoms with Crippen molar-refractivity contribution in [2.75, 3.05) is 21.3 Å². The lowest BCUT2D eigenvalue weighted by Gasteiger charge is -2.12. The summed E-state index contributed by atoms with van der Waals surface area (Å²) < 4.78 is 40.9. The van der Waals surface area contributed by atoms with E-state index in [4.69, 9.17) is 0 Å². The molecular weight excluding hydrogens is 471 g/mol. The van der Waals surface area contributed by atoms with Crippen LogP contribution < -0.4 is 21.3 Å². The lowest BCUT2D eigenvalue weighted by Crippen LogP contribution is -2.21. The van der Waals surface area contributed by atoms with E-state index < -0.39 is 29.2 Å². The minimum Gasteiger partial charge on any atom is -0.362 e. The first-order valence-electron chi connectivity index (χ1n) is 10.8.